The number of cyclic esters (lactones) is 1. The molecule has 11 heteroatoms. The number of anilines is 2. The van der Waals surface area contributed by atoms with Gasteiger partial charge in [0.05, 0.1) is 12.2 Å². The molecule has 142 valence electrons. The van der Waals surface area contributed by atoms with E-state index in [1.54, 1.807) is 0 Å². The van der Waals surface area contributed by atoms with Crippen molar-refractivity contribution in [1.82, 2.24) is 0 Å². The van der Waals surface area contributed by atoms with E-state index in [-0.39, 0.29) is 34.8 Å². The minimum Gasteiger partial charge on any atom is -0.434 e. The van der Waals surface area contributed by atoms with Crippen molar-refractivity contribution >= 4 is 34.0 Å². The van der Waals surface area contributed by atoms with E-state index in [9.17, 15) is 27.5 Å². The summed E-state index contributed by atoms with van der Waals surface area (Å²) >= 11 is 0. The molecule has 1 atom stereocenters. The van der Waals surface area contributed by atoms with Crippen LogP contribution in [0.15, 0.2) is 12.1 Å². The van der Waals surface area contributed by atoms with Crippen LogP contribution >= 0.6 is 10.6 Å². The van der Waals surface area contributed by atoms with Crippen molar-refractivity contribution in [1.29, 1.82) is 0 Å². The lowest BCUT2D eigenvalue weighted by molar-refractivity contribution is -0.124. The van der Waals surface area contributed by atoms with Crippen molar-refractivity contribution < 1.29 is 32.2 Å². The van der Waals surface area contributed by atoms with Crippen molar-refractivity contribution in [3.8, 4) is 0 Å². The lowest BCUT2D eigenvalue weighted by Gasteiger charge is -2.64. The van der Waals surface area contributed by atoms with E-state index in [4.69, 9.17) is 10.5 Å². The van der Waals surface area contributed by atoms with Crippen LogP contribution in [-0.4, -0.2) is 58.3 Å². The molecule has 3 heterocycles. The highest BCUT2D eigenvalue weighted by Crippen LogP contribution is 2.62. The zero-order chi connectivity index (χ0) is 18.9. The summed E-state index contributed by atoms with van der Waals surface area (Å²) in [5.74, 6) is -2.03. The third-order valence-electron chi connectivity index (χ3n) is 4.89. The van der Waals surface area contributed by atoms with Gasteiger partial charge in [0.25, 0.3) is 5.91 Å². The van der Waals surface area contributed by atoms with E-state index in [0.29, 0.717) is 13.1 Å². The second kappa shape index (κ2) is 5.44. The molecule has 3 saturated heterocycles. The molecule has 0 saturated carbocycles. The Hall–Kier alpha value is -2.11. The van der Waals surface area contributed by atoms with Gasteiger partial charge in [0.2, 0.25) is 0 Å². The molecule has 0 unspecified atom stereocenters. The van der Waals surface area contributed by atoms with Gasteiger partial charge in [0.15, 0.2) is 17.7 Å². The molecule has 3 aliphatic rings. The van der Waals surface area contributed by atoms with Gasteiger partial charge < -0.3 is 15.4 Å². The number of hydrogen-bond donors (Lipinski definition) is 3. The Balaban J connectivity index is 1.52. The number of carbonyl (C=O) groups is 2. The standard InChI is InChI=1S/C15H17F2N3O5S/c16-9-1-8(20-3-11(13(18)21)25-14(20)22)2-10(17)12(9)19-4-15(5-19)6-26(23,24)7-15/h1-2,11,23-24H,3-7H2,(H2,18,21)/t11-/m1/s1. The summed E-state index contributed by atoms with van der Waals surface area (Å²) in [4.78, 5) is 25.4. The van der Waals surface area contributed by atoms with Gasteiger partial charge in [-0.1, -0.05) is 0 Å². The number of hydrogen-bond acceptors (Lipinski definition) is 6. The van der Waals surface area contributed by atoms with Crippen LogP contribution in [0.3, 0.4) is 0 Å². The number of rotatable bonds is 3. The van der Waals surface area contributed by atoms with E-state index in [1.807, 2.05) is 0 Å². The number of nitrogens with two attached hydrogens (primary N) is 1. The maximum atomic E-state index is 14.5. The molecule has 1 aromatic carbocycles. The molecular formula is C15H17F2N3O5S. The lowest BCUT2D eigenvalue weighted by atomic mass is 9.82. The number of nitrogens with zero attached hydrogens (tertiary/aromatic N) is 2. The summed E-state index contributed by atoms with van der Waals surface area (Å²) in [5.41, 5.74) is 4.51. The highest BCUT2D eigenvalue weighted by atomic mass is 32.3. The summed E-state index contributed by atoms with van der Waals surface area (Å²) in [5, 5.41) is 0. The van der Waals surface area contributed by atoms with Crippen LogP contribution in [0.1, 0.15) is 0 Å². The Labute approximate surface area is 148 Å². The van der Waals surface area contributed by atoms with Gasteiger partial charge in [-0.25, -0.2) is 13.6 Å². The molecule has 0 radical (unpaired) electrons. The summed E-state index contributed by atoms with van der Waals surface area (Å²) in [6.45, 7) is 0.466. The maximum absolute atomic E-state index is 14.5. The molecule has 0 aliphatic carbocycles. The van der Waals surface area contributed by atoms with Crippen LogP contribution in [0.2, 0.25) is 0 Å². The first-order valence-corrected chi connectivity index (χ1v) is 9.73. The van der Waals surface area contributed by atoms with Gasteiger partial charge in [-0.3, -0.25) is 18.8 Å². The van der Waals surface area contributed by atoms with Crippen molar-refractivity contribution in [2.24, 2.45) is 11.1 Å². The Bertz CT molecular complexity index is 781. The first-order chi connectivity index (χ1) is 12.1. The van der Waals surface area contributed by atoms with Crippen molar-refractivity contribution in [3.05, 3.63) is 23.8 Å². The number of amides is 2. The van der Waals surface area contributed by atoms with Crippen molar-refractivity contribution in [3.63, 3.8) is 0 Å². The van der Waals surface area contributed by atoms with Crippen LogP contribution < -0.4 is 15.5 Å². The van der Waals surface area contributed by atoms with Gasteiger partial charge >= 0.3 is 6.09 Å². The van der Waals surface area contributed by atoms with Crippen LogP contribution in [-0.2, 0) is 9.53 Å². The topological polar surface area (TPSA) is 116 Å². The fourth-order valence-electron chi connectivity index (χ4n) is 3.87. The zero-order valence-corrected chi connectivity index (χ0v) is 14.3. The fourth-order valence-corrected chi connectivity index (χ4v) is 6.12. The molecule has 2 amide bonds. The molecule has 4 rings (SSSR count). The van der Waals surface area contributed by atoms with Crippen LogP contribution in [0, 0.1) is 17.0 Å². The van der Waals surface area contributed by atoms with Crippen LogP contribution in [0.25, 0.3) is 0 Å². The predicted molar refractivity (Wildman–Crippen MR) is 90.4 cm³/mol. The fraction of sp³-hybridized carbons (Fsp3) is 0.467. The number of ether oxygens (including phenoxy) is 1. The number of benzene rings is 1. The highest BCUT2D eigenvalue weighted by molar-refractivity contribution is 8.25. The van der Waals surface area contributed by atoms with Crippen molar-refractivity contribution in [2.75, 3.05) is 40.9 Å². The molecule has 3 aliphatic heterocycles. The van der Waals surface area contributed by atoms with Gasteiger partial charge in [-0.05, 0) is 0 Å². The minimum atomic E-state index is -2.52. The number of carbonyl (C=O) groups excluding carboxylic acids is 2. The summed E-state index contributed by atoms with van der Waals surface area (Å²) in [6, 6.07) is 2.00. The molecule has 4 N–H and O–H groups in total. The zero-order valence-electron chi connectivity index (χ0n) is 13.5. The largest absolute Gasteiger partial charge is 0.434 e. The monoisotopic (exact) mass is 389 g/mol. The normalized spacial score (nSPS) is 26.9. The first-order valence-electron chi connectivity index (χ1n) is 7.84. The highest BCUT2D eigenvalue weighted by Gasteiger charge is 2.56. The quantitative estimate of drug-likeness (QED) is 0.719. The summed E-state index contributed by atoms with van der Waals surface area (Å²) < 4.78 is 52.8. The molecule has 1 spiro atoms. The molecular weight excluding hydrogens is 372 g/mol. The van der Waals surface area contributed by atoms with Gasteiger partial charge in [0, 0.05) is 42.1 Å². The average molecular weight is 389 g/mol. The van der Waals surface area contributed by atoms with E-state index < -0.39 is 40.3 Å². The number of halogens is 2. The molecule has 0 bridgehead atoms. The van der Waals surface area contributed by atoms with E-state index in [0.717, 1.165) is 17.0 Å². The van der Waals surface area contributed by atoms with Gasteiger partial charge in [-0.15, -0.1) is 0 Å². The molecule has 8 nitrogen and oxygen atoms in total. The van der Waals surface area contributed by atoms with E-state index in [1.165, 1.54) is 4.90 Å². The van der Waals surface area contributed by atoms with Crippen LogP contribution in [0.5, 0.6) is 0 Å². The third-order valence-corrected chi connectivity index (χ3v) is 7.04. The van der Waals surface area contributed by atoms with Crippen LogP contribution in [0.4, 0.5) is 25.0 Å². The number of primary amides is 1. The second-order valence-corrected chi connectivity index (χ2v) is 9.27. The predicted octanol–water partition coefficient (Wildman–Crippen LogP) is 1.35. The van der Waals surface area contributed by atoms with E-state index in [2.05, 4.69) is 0 Å². The Kier molecular flexibility index (Phi) is 3.62. The SMILES string of the molecule is NC(=O)[C@H]1CN(c2cc(F)c(N3CC4(C3)CS(O)(O)C4)c(F)c2)C(=O)O1. The summed E-state index contributed by atoms with van der Waals surface area (Å²) in [7, 11) is -2.52. The lowest BCUT2D eigenvalue weighted by Crippen LogP contribution is -2.67. The first kappa shape index (κ1) is 17.3. The average Bonchev–Trinajstić information content (AvgIpc) is 2.84. The third kappa shape index (κ3) is 2.66. The molecule has 3 fully saturated rings. The Morgan fingerprint density at radius 1 is 1.27 bits per heavy atom. The maximum Gasteiger partial charge on any atom is 0.415 e. The van der Waals surface area contributed by atoms with E-state index >= 15 is 0 Å². The van der Waals surface area contributed by atoms with Crippen molar-refractivity contribution in [2.45, 2.75) is 6.10 Å². The smallest absolute Gasteiger partial charge is 0.415 e. The Morgan fingerprint density at radius 3 is 2.31 bits per heavy atom. The molecule has 26 heavy (non-hydrogen) atoms. The van der Waals surface area contributed by atoms with Gasteiger partial charge in [0.1, 0.15) is 5.69 Å². The molecule has 0 aromatic heterocycles. The molecule has 1 aromatic rings. The summed E-state index contributed by atoms with van der Waals surface area (Å²) in [6.07, 6.45) is -2.06. The second-order valence-electron chi connectivity index (χ2n) is 7.09. The minimum absolute atomic E-state index is 0.0643. The van der Waals surface area contributed by atoms with Gasteiger partial charge in [-0.2, -0.15) is 10.6 Å². The Morgan fingerprint density at radius 2 is 1.85 bits per heavy atom.